The predicted molar refractivity (Wildman–Crippen MR) is 94.4 cm³/mol. The first-order valence-electron chi connectivity index (χ1n) is 7.52. The van der Waals surface area contributed by atoms with Crippen molar-refractivity contribution in [2.75, 3.05) is 27.2 Å². The first-order chi connectivity index (χ1) is 10.9. The Morgan fingerprint density at radius 1 is 1.38 bits per heavy atom. The second kappa shape index (κ2) is 8.66. The summed E-state index contributed by atoms with van der Waals surface area (Å²) >= 11 is 0. The van der Waals surface area contributed by atoms with Crippen molar-refractivity contribution in [3.05, 3.63) is 23.8 Å². The number of ether oxygens (including phenoxy) is 1. The molecule has 2 atom stereocenters. The maximum atomic E-state index is 12.4. The van der Waals surface area contributed by atoms with E-state index < -0.39 is 10.0 Å². The Bertz CT molecular complexity index is 681. The number of hydrogen-bond donors (Lipinski definition) is 3. The highest BCUT2D eigenvalue weighted by Crippen LogP contribution is 2.25. The van der Waals surface area contributed by atoms with Crippen LogP contribution in [0.15, 0.2) is 23.1 Å². The molecule has 24 heavy (non-hydrogen) atoms. The lowest BCUT2D eigenvalue weighted by Crippen LogP contribution is -2.48. The van der Waals surface area contributed by atoms with Crippen molar-refractivity contribution < 1.29 is 17.9 Å². The molecule has 9 heteroatoms. The van der Waals surface area contributed by atoms with Gasteiger partial charge < -0.3 is 15.4 Å². The van der Waals surface area contributed by atoms with Gasteiger partial charge in [0, 0.05) is 11.6 Å². The number of sulfonamides is 1. The molecule has 1 heterocycles. The molecule has 0 spiro atoms. The summed E-state index contributed by atoms with van der Waals surface area (Å²) in [6.07, 6.45) is 0.852. The molecule has 1 aliphatic heterocycles. The van der Waals surface area contributed by atoms with Gasteiger partial charge in [0.2, 0.25) is 10.0 Å². The number of carbonyl (C=O) groups excluding carboxylic acids is 1. The number of nitrogens with one attached hydrogen (secondary N) is 3. The summed E-state index contributed by atoms with van der Waals surface area (Å²) in [5.41, 5.74) is 0.297. The minimum Gasteiger partial charge on any atom is -0.495 e. The Morgan fingerprint density at radius 3 is 2.67 bits per heavy atom. The summed E-state index contributed by atoms with van der Waals surface area (Å²) < 4.78 is 31.4. The maximum Gasteiger partial charge on any atom is 0.251 e. The Labute approximate surface area is 149 Å². The number of hydrogen-bond acceptors (Lipinski definition) is 5. The van der Waals surface area contributed by atoms with Crippen LogP contribution in [0.5, 0.6) is 5.75 Å². The Balaban J connectivity index is 0.00000288. The lowest BCUT2D eigenvalue weighted by molar-refractivity contribution is 0.0914. The predicted octanol–water partition coefficient (Wildman–Crippen LogP) is 0.753. The lowest BCUT2D eigenvalue weighted by atomic mass is 9.95. The fraction of sp³-hybridized carbons (Fsp3) is 0.533. The van der Waals surface area contributed by atoms with Crippen LogP contribution in [0.3, 0.4) is 0 Å². The second-order valence-electron chi connectivity index (χ2n) is 5.62. The molecule has 2 unspecified atom stereocenters. The summed E-state index contributed by atoms with van der Waals surface area (Å²) in [5.74, 6) is 0.247. The molecule has 1 aromatic carbocycles. The van der Waals surface area contributed by atoms with E-state index in [0.717, 1.165) is 19.5 Å². The minimum atomic E-state index is -3.71. The standard InChI is InChI=1S/C15H23N3O4S.ClH/c1-10-9-17-7-6-12(10)18-15(19)11-4-5-13(22-3)14(8-11)23(20,21)16-2;/h4-5,8,10,12,16-17H,6-7,9H2,1-3H3,(H,18,19);1H. The van der Waals surface area contributed by atoms with Gasteiger partial charge in [-0.3, -0.25) is 4.79 Å². The van der Waals surface area contributed by atoms with Crippen molar-refractivity contribution in [1.29, 1.82) is 0 Å². The summed E-state index contributed by atoms with van der Waals surface area (Å²) in [6, 6.07) is 4.47. The van der Waals surface area contributed by atoms with Crippen molar-refractivity contribution in [2.45, 2.75) is 24.3 Å². The van der Waals surface area contributed by atoms with E-state index in [2.05, 4.69) is 22.3 Å². The van der Waals surface area contributed by atoms with E-state index in [-0.39, 0.29) is 35.0 Å². The van der Waals surface area contributed by atoms with Crippen molar-refractivity contribution in [3.63, 3.8) is 0 Å². The monoisotopic (exact) mass is 377 g/mol. The van der Waals surface area contributed by atoms with Crippen LogP contribution < -0.4 is 20.1 Å². The normalized spacial score (nSPS) is 20.8. The van der Waals surface area contributed by atoms with Crippen molar-refractivity contribution in [1.82, 2.24) is 15.4 Å². The Hall–Kier alpha value is -1.35. The van der Waals surface area contributed by atoms with Gasteiger partial charge in [0.15, 0.2) is 0 Å². The Kier molecular flexibility index (Phi) is 7.47. The Morgan fingerprint density at radius 2 is 2.08 bits per heavy atom. The molecule has 0 aliphatic carbocycles. The summed E-state index contributed by atoms with van der Waals surface area (Å²) in [7, 11) is -0.999. The molecule has 0 bridgehead atoms. The first kappa shape index (κ1) is 20.7. The molecular formula is C15H24ClN3O4S. The van der Waals surface area contributed by atoms with Crippen LogP contribution in [-0.4, -0.2) is 47.6 Å². The zero-order valence-electron chi connectivity index (χ0n) is 14.0. The summed E-state index contributed by atoms with van der Waals surface area (Å²) in [6.45, 7) is 3.78. The molecular weight excluding hydrogens is 354 g/mol. The fourth-order valence-electron chi connectivity index (χ4n) is 2.62. The van der Waals surface area contributed by atoms with E-state index in [1.165, 1.54) is 26.3 Å². The highest BCUT2D eigenvalue weighted by atomic mass is 35.5. The molecule has 1 saturated heterocycles. The summed E-state index contributed by atoms with van der Waals surface area (Å²) in [4.78, 5) is 12.4. The number of carbonyl (C=O) groups is 1. The van der Waals surface area contributed by atoms with Gasteiger partial charge in [-0.2, -0.15) is 0 Å². The van der Waals surface area contributed by atoms with E-state index in [1.54, 1.807) is 6.07 Å². The van der Waals surface area contributed by atoms with Crippen molar-refractivity contribution in [3.8, 4) is 5.75 Å². The number of methoxy groups -OCH3 is 1. The summed E-state index contributed by atoms with van der Waals surface area (Å²) in [5, 5.41) is 6.26. The molecule has 1 aromatic rings. The number of rotatable bonds is 5. The van der Waals surface area contributed by atoms with Gasteiger partial charge in [0.05, 0.1) is 7.11 Å². The van der Waals surface area contributed by atoms with Crippen LogP contribution in [0.25, 0.3) is 0 Å². The maximum absolute atomic E-state index is 12.4. The SMILES string of the molecule is CNS(=O)(=O)c1cc(C(=O)NC2CCNCC2C)ccc1OC.Cl. The van der Waals surface area contributed by atoms with Crippen LogP contribution in [-0.2, 0) is 10.0 Å². The fourth-order valence-corrected chi connectivity index (χ4v) is 3.54. The van der Waals surface area contributed by atoms with Gasteiger partial charge in [0.1, 0.15) is 10.6 Å². The third-order valence-electron chi connectivity index (χ3n) is 4.09. The molecule has 0 aromatic heterocycles. The van der Waals surface area contributed by atoms with Gasteiger partial charge >= 0.3 is 0 Å². The highest BCUT2D eigenvalue weighted by molar-refractivity contribution is 7.89. The molecule has 3 N–H and O–H groups in total. The van der Waals surface area contributed by atoms with Crippen LogP contribution in [0.2, 0.25) is 0 Å². The zero-order chi connectivity index (χ0) is 17.0. The van der Waals surface area contributed by atoms with Crippen LogP contribution >= 0.6 is 12.4 Å². The third-order valence-corrected chi connectivity index (χ3v) is 5.52. The molecule has 7 nitrogen and oxygen atoms in total. The van der Waals surface area contributed by atoms with Gasteiger partial charge in [-0.25, -0.2) is 13.1 Å². The lowest BCUT2D eigenvalue weighted by Gasteiger charge is -2.30. The van der Waals surface area contributed by atoms with Gasteiger partial charge in [-0.05, 0) is 50.7 Å². The highest BCUT2D eigenvalue weighted by Gasteiger charge is 2.25. The number of piperidine rings is 1. The quantitative estimate of drug-likeness (QED) is 0.703. The van der Waals surface area contributed by atoms with E-state index in [0.29, 0.717) is 11.5 Å². The van der Waals surface area contributed by atoms with E-state index >= 15 is 0 Å². The second-order valence-corrected chi connectivity index (χ2v) is 7.48. The van der Waals surface area contributed by atoms with Gasteiger partial charge in [-0.15, -0.1) is 12.4 Å². The average molecular weight is 378 g/mol. The van der Waals surface area contributed by atoms with Crippen molar-refractivity contribution >= 4 is 28.3 Å². The molecule has 136 valence electrons. The molecule has 1 aliphatic rings. The molecule has 1 fully saturated rings. The van der Waals surface area contributed by atoms with E-state index in [9.17, 15) is 13.2 Å². The average Bonchev–Trinajstić information content (AvgIpc) is 2.56. The number of benzene rings is 1. The van der Waals surface area contributed by atoms with Crippen molar-refractivity contribution in [2.24, 2.45) is 5.92 Å². The molecule has 1 amide bonds. The van der Waals surface area contributed by atoms with Gasteiger partial charge in [-0.1, -0.05) is 6.92 Å². The molecule has 0 saturated carbocycles. The zero-order valence-corrected chi connectivity index (χ0v) is 15.6. The first-order valence-corrected chi connectivity index (χ1v) is 9.00. The van der Waals surface area contributed by atoms with Gasteiger partial charge in [0.25, 0.3) is 5.91 Å². The molecule has 0 radical (unpaired) electrons. The van der Waals surface area contributed by atoms with E-state index in [4.69, 9.17) is 4.74 Å². The van der Waals surface area contributed by atoms with Crippen LogP contribution in [0, 0.1) is 5.92 Å². The minimum absolute atomic E-state index is 0. The topological polar surface area (TPSA) is 96.5 Å². The molecule has 2 rings (SSSR count). The smallest absolute Gasteiger partial charge is 0.251 e. The third kappa shape index (κ3) is 4.60. The van der Waals surface area contributed by atoms with E-state index in [1.807, 2.05) is 0 Å². The largest absolute Gasteiger partial charge is 0.495 e. The number of amides is 1. The number of halogens is 1. The van der Waals surface area contributed by atoms with Crippen LogP contribution in [0.1, 0.15) is 23.7 Å². The van der Waals surface area contributed by atoms with Crippen LogP contribution in [0.4, 0.5) is 0 Å².